The maximum absolute atomic E-state index is 14.6. The van der Waals surface area contributed by atoms with Gasteiger partial charge in [0.05, 0.1) is 25.3 Å². The van der Waals surface area contributed by atoms with Crippen LogP contribution in [0.25, 0.3) is 10.4 Å². The second-order valence-electron chi connectivity index (χ2n) is 9.65. The molecule has 0 saturated carbocycles. The summed E-state index contributed by atoms with van der Waals surface area (Å²) in [5, 5.41) is 2.78. The molecule has 11 heteroatoms. The standard InChI is InChI=1S/C29H32F2N2O6S/c1-7-37-26(34)23-17(3)24(18-12-14-19(15-13-18)32-27(35)39-29(4,5)6)40-25(23)33(28(36)38-8-2)16-20-21(30)10-9-11-22(20)31/h9-15H,7-8,16H2,1-6H3,(H,32,35). The molecule has 3 rings (SSSR count). The van der Waals surface area contributed by atoms with E-state index in [9.17, 15) is 23.2 Å². The van der Waals surface area contributed by atoms with Crippen molar-refractivity contribution in [3.63, 3.8) is 0 Å². The molecule has 214 valence electrons. The highest BCUT2D eigenvalue weighted by molar-refractivity contribution is 7.20. The SMILES string of the molecule is CCOC(=O)c1c(N(Cc2c(F)cccc2F)C(=O)OCC)sc(-c2ccc(NC(=O)OC(C)(C)C)cc2)c1C. The highest BCUT2D eigenvalue weighted by atomic mass is 32.1. The number of anilines is 2. The van der Waals surface area contributed by atoms with E-state index in [-0.39, 0.29) is 29.3 Å². The Hall–Kier alpha value is -3.99. The Bertz CT molecular complexity index is 1360. The van der Waals surface area contributed by atoms with Gasteiger partial charge >= 0.3 is 18.2 Å². The number of hydrogen-bond donors (Lipinski definition) is 1. The van der Waals surface area contributed by atoms with Gasteiger partial charge in [-0.15, -0.1) is 11.3 Å². The van der Waals surface area contributed by atoms with Gasteiger partial charge in [0.25, 0.3) is 0 Å². The van der Waals surface area contributed by atoms with Gasteiger partial charge in [0, 0.05) is 16.1 Å². The van der Waals surface area contributed by atoms with Gasteiger partial charge in [0.1, 0.15) is 22.2 Å². The molecule has 0 bridgehead atoms. The molecule has 8 nitrogen and oxygen atoms in total. The van der Waals surface area contributed by atoms with Crippen molar-refractivity contribution >= 4 is 40.2 Å². The number of halogens is 2. The molecule has 0 atom stereocenters. The Kier molecular flexibility index (Phi) is 9.86. The fraction of sp³-hybridized carbons (Fsp3) is 0.345. The molecule has 3 aromatic rings. The highest BCUT2D eigenvalue weighted by Gasteiger charge is 2.31. The minimum atomic E-state index is -0.875. The lowest BCUT2D eigenvalue weighted by molar-refractivity contribution is 0.0526. The van der Waals surface area contributed by atoms with Crippen LogP contribution in [0.5, 0.6) is 0 Å². The van der Waals surface area contributed by atoms with Crippen LogP contribution in [0.3, 0.4) is 0 Å². The molecule has 0 saturated heterocycles. The first kappa shape index (κ1) is 30.6. The van der Waals surface area contributed by atoms with Crippen LogP contribution < -0.4 is 10.2 Å². The summed E-state index contributed by atoms with van der Waals surface area (Å²) >= 11 is 1.08. The van der Waals surface area contributed by atoms with E-state index in [1.165, 1.54) is 6.07 Å². The minimum Gasteiger partial charge on any atom is -0.462 e. The van der Waals surface area contributed by atoms with Crippen LogP contribution in [0.15, 0.2) is 42.5 Å². The molecule has 40 heavy (non-hydrogen) atoms. The summed E-state index contributed by atoms with van der Waals surface area (Å²) in [4.78, 5) is 39.9. The van der Waals surface area contributed by atoms with Crippen molar-refractivity contribution in [1.82, 2.24) is 0 Å². The molecule has 0 spiro atoms. The number of hydrogen-bond acceptors (Lipinski definition) is 7. The molecule has 0 fully saturated rings. The summed E-state index contributed by atoms with van der Waals surface area (Å²) in [7, 11) is 0. The number of thiophene rings is 1. The molecule has 0 radical (unpaired) electrons. The lowest BCUT2D eigenvalue weighted by Gasteiger charge is -2.22. The van der Waals surface area contributed by atoms with Crippen molar-refractivity contribution in [1.29, 1.82) is 0 Å². The number of benzene rings is 2. The van der Waals surface area contributed by atoms with E-state index in [4.69, 9.17) is 14.2 Å². The Balaban J connectivity index is 2.08. The number of nitrogens with zero attached hydrogens (tertiary/aromatic N) is 1. The highest BCUT2D eigenvalue weighted by Crippen LogP contribution is 2.43. The van der Waals surface area contributed by atoms with Crippen LogP contribution in [-0.4, -0.2) is 37.0 Å². The first-order chi connectivity index (χ1) is 18.9. The normalized spacial score (nSPS) is 11.1. The molecule has 1 aromatic heterocycles. The third-order valence-electron chi connectivity index (χ3n) is 5.51. The fourth-order valence-corrected chi connectivity index (χ4v) is 5.09. The Labute approximate surface area is 235 Å². The van der Waals surface area contributed by atoms with Gasteiger partial charge in [-0.3, -0.25) is 10.2 Å². The molecule has 0 aliphatic heterocycles. The maximum atomic E-state index is 14.6. The number of nitrogens with one attached hydrogen (secondary N) is 1. The molecular formula is C29H32F2N2O6S. The zero-order chi connectivity index (χ0) is 29.6. The van der Waals surface area contributed by atoms with Crippen molar-refractivity contribution in [2.45, 2.75) is 53.7 Å². The molecule has 1 heterocycles. The predicted octanol–water partition coefficient (Wildman–Crippen LogP) is 7.69. The van der Waals surface area contributed by atoms with Gasteiger partial charge in [0.15, 0.2) is 0 Å². The second-order valence-corrected chi connectivity index (χ2v) is 10.6. The maximum Gasteiger partial charge on any atom is 0.415 e. The van der Waals surface area contributed by atoms with Gasteiger partial charge in [-0.05, 0) is 76.9 Å². The smallest absolute Gasteiger partial charge is 0.415 e. The lowest BCUT2D eigenvalue weighted by Crippen LogP contribution is -2.32. The summed E-state index contributed by atoms with van der Waals surface area (Å²) in [5.74, 6) is -2.37. The first-order valence-electron chi connectivity index (χ1n) is 12.6. The number of carbonyl (C=O) groups excluding carboxylic acids is 3. The van der Waals surface area contributed by atoms with Gasteiger partial charge in [-0.2, -0.15) is 0 Å². The van der Waals surface area contributed by atoms with Crippen LogP contribution in [0.4, 0.5) is 29.1 Å². The number of rotatable bonds is 8. The van der Waals surface area contributed by atoms with Gasteiger partial charge in [-0.1, -0.05) is 18.2 Å². The number of ether oxygens (including phenoxy) is 3. The van der Waals surface area contributed by atoms with E-state index >= 15 is 0 Å². The van der Waals surface area contributed by atoms with Crippen LogP contribution in [0.2, 0.25) is 0 Å². The van der Waals surface area contributed by atoms with E-state index in [0.29, 0.717) is 21.7 Å². The third kappa shape index (κ3) is 7.35. The predicted molar refractivity (Wildman–Crippen MR) is 150 cm³/mol. The number of carbonyl (C=O) groups is 3. The summed E-state index contributed by atoms with van der Waals surface area (Å²) in [6.45, 7) is 9.79. The molecule has 0 aliphatic rings. The number of esters is 1. The number of amides is 2. The Morgan fingerprint density at radius 3 is 2.10 bits per heavy atom. The summed E-state index contributed by atoms with van der Waals surface area (Å²) in [6.07, 6.45) is -1.48. The van der Waals surface area contributed by atoms with Gasteiger partial charge in [-0.25, -0.2) is 23.2 Å². The molecule has 2 aromatic carbocycles. The summed E-state index contributed by atoms with van der Waals surface area (Å²) in [5.41, 5.74) is 0.748. The van der Waals surface area contributed by atoms with E-state index in [1.54, 1.807) is 65.8 Å². The average Bonchev–Trinajstić information content (AvgIpc) is 3.20. The quantitative estimate of drug-likeness (QED) is 0.219. The third-order valence-corrected chi connectivity index (χ3v) is 6.88. The summed E-state index contributed by atoms with van der Waals surface area (Å²) < 4.78 is 44.9. The van der Waals surface area contributed by atoms with Crippen molar-refractivity contribution in [2.75, 3.05) is 23.4 Å². The Morgan fingerprint density at radius 2 is 1.55 bits per heavy atom. The Morgan fingerprint density at radius 1 is 0.950 bits per heavy atom. The molecule has 0 unspecified atom stereocenters. The van der Waals surface area contributed by atoms with Crippen LogP contribution in [0, 0.1) is 18.6 Å². The monoisotopic (exact) mass is 574 g/mol. The summed E-state index contributed by atoms with van der Waals surface area (Å²) in [6, 6.07) is 10.2. The van der Waals surface area contributed by atoms with Crippen molar-refractivity contribution in [3.05, 3.63) is 70.8 Å². The van der Waals surface area contributed by atoms with Crippen LogP contribution in [-0.2, 0) is 20.8 Å². The van der Waals surface area contributed by atoms with Crippen molar-refractivity contribution < 1.29 is 37.4 Å². The van der Waals surface area contributed by atoms with E-state index in [2.05, 4.69) is 5.32 Å². The molecular weight excluding hydrogens is 542 g/mol. The second kappa shape index (κ2) is 12.9. The van der Waals surface area contributed by atoms with Crippen molar-refractivity contribution in [2.24, 2.45) is 0 Å². The minimum absolute atomic E-state index is 0.00710. The van der Waals surface area contributed by atoms with Crippen LogP contribution >= 0.6 is 11.3 Å². The topological polar surface area (TPSA) is 94.2 Å². The molecule has 0 aliphatic carbocycles. The molecule has 2 amide bonds. The zero-order valence-corrected chi connectivity index (χ0v) is 24.0. The molecule has 1 N–H and O–H groups in total. The fourth-order valence-electron chi connectivity index (χ4n) is 3.80. The van der Waals surface area contributed by atoms with E-state index < -0.39 is 41.9 Å². The van der Waals surface area contributed by atoms with Gasteiger partial charge in [0.2, 0.25) is 0 Å². The largest absolute Gasteiger partial charge is 0.462 e. The van der Waals surface area contributed by atoms with E-state index in [1.807, 2.05) is 0 Å². The zero-order valence-electron chi connectivity index (χ0n) is 23.2. The van der Waals surface area contributed by atoms with E-state index in [0.717, 1.165) is 28.4 Å². The van der Waals surface area contributed by atoms with Gasteiger partial charge < -0.3 is 14.2 Å². The lowest BCUT2D eigenvalue weighted by atomic mass is 10.1. The average molecular weight is 575 g/mol. The van der Waals surface area contributed by atoms with Crippen LogP contribution in [0.1, 0.15) is 56.1 Å². The van der Waals surface area contributed by atoms with Crippen molar-refractivity contribution in [3.8, 4) is 10.4 Å². The first-order valence-corrected chi connectivity index (χ1v) is 13.5.